The van der Waals surface area contributed by atoms with Gasteiger partial charge in [0.1, 0.15) is 30.3 Å². The van der Waals surface area contributed by atoms with E-state index in [4.69, 9.17) is 9.52 Å². The molecule has 1 aromatic heterocycles. The molecule has 2 fully saturated rings. The fraction of sp³-hybridized carbons (Fsp3) is 0.474. The van der Waals surface area contributed by atoms with Crippen LogP contribution in [0.5, 0.6) is 5.75 Å². The Morgan fingerprint density at radius 3 is 2.75 bits per heavy atom. The number of benzene rings is 1. The number of nitrogens with zero attached hydrogens (tertiary/aromatic N) is 3. The van der Waals surface area contributed by atoms with Crippen molar-refractivity contribution in [2.75, 3.05) is 47.9 Å². The molecular formula is C19H24N6O2S. The van der Waals surface area contributed by atoms with Crippen LogP contribution in [0.3, 0.4) is 0 Å². The fourth-order valence-electron chi connectivity index (χ4n) is 3.98. The molecule has 3 aliphatic rings. The monoisotopic (exact) mass is 400 g/mol. The van der Waals surface area contributed by atoms with Crippen molar-refractivity contribution in [1.29, 1.82) is 4.78 Å². The summed E-state index contributed by atoms with van der Waals surface area (Å²) in [6, 6.07) is 4.38. The number of aryl methyl sites for hydroxylation is 1. The predicted octanol–water partition coefficient (Wildman–Crippen LogP) is 1.97. The molecule has 0 aliphatic carbocycles. The number of ether oxygens (including phenoxy) is 1. The second-order valence-corrected chi connectivity index (χ2v) is 10.2. The van der Waals surface area contributed by atoms with E-state index in [1.807, 2.05) is 0 Å². The van der Waals surface area contributed by atoms with Gasteiger partial charge in [0.25, 0.3) is 0 Å². The third kappa shape index (κ3) is 3.08. The highest BCUT2D eigenvalue weighted by Gasteiger charge is 2.27. The Hall–Kier alpha value is -2.39. The Kier molecular flexibility index (Phi) is 4.17. The summed E-state index contributed by atoms with van der Waals surface area (Å²) < 4.78 is 26.0. The molecule has 2 aromatic rings. The second kappa shape index (κ2) is 6.59. The summed E-state index contributed by atoms with van der Waals surface area (Å²) in [6.45, 7) is 5.61. The number of aromatic nitrogens is 2. The van der Waals surface area contributed by atoms with E-state index in [0.717, 1.165) is 47.3 Å². The maximum absolute atomic E-state index is 12.0. The number of anilines is 3. The summed E-state index contributed by atoms with van der Waals surface area (Å²) in [5, 5.41) is 6.79. The van der Waals surface area contributed by atoms with Crippen LogP contribution < -0.4 is 20.3 Å². The molecule has 0 radical (unpaired) electrons. The van der Waals surface area contributed by atoms with Gasteiger partial charge in [-0.25, -0.2) is 14.2 Å². The fourth-order valence-corrected chi connectivity index (χ4v) is 5.21. The maximum Gasteiger partial charge on any atom is 0.146 e. The molecule has 0 unspecified atom stereocenters. The Morgan fingerprint density at radius 2 is 2.04 bits per heavy atom. The van der Waals surface area contributed by atoms with Crippen molar-refractivity contribution < 1.29 is 8.95 Å². The molecular weight excluding hydrogens is 376 g/mol. The highest BCUT2D eigenvalue weighted by molar-refractivity contribution is 7.92. The van der Waals surface area contributed by atoms with E-state index in [2.05, 4.69) is 44.6 Å². The van der Waals surface area contributed by atoms with Crippen LogP contribution in [0, 0.1) is 11.7 Å². The van der Waals surface area contributed by atoms with E-state index in [1.165, 1.54) is 5.56 Å². The average Bonchev–Trinajstić information content (AvgIpc) is 2.79. The molecule has 0 amide bonds. The summed E-state index contributed by atoms with van der Waals surface area (Å²) in [4.78, 5) is 11.1. The van der Waals surface area contributed by atoms with Gasteiger partial charge < -0.3 is 20.3 Å². The van der Waals surface area contributed by atoms with Crippen molar-refractivity contribution in [3.63, 3.8) is 0 Å². The first-order valence-electron chi connectivity index (χ1n) is 9.58. The first kappa shape index (κ1) is 17.7. The van der Waals surface area contributed by atoms with Gasteiger partial charge in [-0.05, 0) is 24.1 Å². The van der Waals surface area contributed by atoms with Crippen LogP contribution in [0.15, 0.2) is 18.5 Å². The first-order chi connectivity index (χ1) is 13.5. The molecule has 1 aromatic carbocycles. The van der Waals surface area contributed by atoms with Crippen LogP contribution in [0.25, 0.3) is 0 Å². The van der Waals surface area contributed by atoms with Gasteiger partial charge in [-0.2, -0.15) is 0 Å². The summed E-state index contributed by atoms with van der Waals surface area (Å²) >= 11 is 0. The van der Waals surface area contributed by atoms with Gasteiger partial charge in [0.2, 0.25) is 0 Å². The van der Waals surface area contributed by atoms with Crippen LogP contribution >= 0.6 is 0 Å². The Morgan fingerprint density at radius 1 is 1.25 bits per heavy atom. The average molecular weight is 401 g/mol. The highest BCUT2D eigenvalue weighted by Crippen LogP contribution is 2.40. The number of nitrogens with one attached hydrogen (secondary N) is 3. The van der Waals surface area contributed by atoms with Gasteiger partial charge >= 0.3 is 0 Å². The quantitative estimate of drug-likeness (QED) is 0.708. The molecule has 8 nitrogen and oxygen atoms in total. The minimum atomic E-state index is -2.45. The van der Waals surface area contributed by atoms with E-state index in [0.29, 0.717) is 37.1 Å². The standard InChI is InChI=1S/C19H24N6O2S/c1-12-6-13(14-8-21-9-14)7-16-17(12)27-10-15-18(24-16)22-11-23-19(15)25-2-4-28(20,26)5-3-25/h6-7,11,14,20-21H,2-5,8-10H2,1H3,(H,22,23,24). The summed E-state index contributed by atoms with van der Waals surface area (Å²) in [7, 11) is -2.45. The van der Waals surface area contributed by atoms with Crippen LogP contribution in [0.1, 0.15) is 22.6 Å². The van der Waals surface area contributed by atoms with Crippen molar-refractivity contribution in [1.82, 2.24) is 15.3 Å². The largest absolute Gasteiger partial charge is 0.486 e. The lowest BCUT2D eigenvalue weighted by atomic mass is 9.92. The van der Waals surface area contributed by atoms with E-state index >= 15 is 0 Å². The van der Waals surface area contributed by atoms with Crippen molar-refractivity contribution in [2.24, 2.45) is 0 Å². The van der Waals surface area contributed by atoms with Crippen molar-refractivity contribution in [2.45, 2.75) is 19.4 Å². The highest BCUT2D eigenvalue weighted by atomic mass is 32.2. The molecule has 3 aliphatic heterocycles. The van der Waals surface area contributed by atoms with Crippen LogP contribution in [0.4, 0.5) is 17.3 Å². The minimum absolute atomic E-state index is 0.373. The van der Waals surface area contributed by atoms with E-state index in [9.17, 15) is 4.21 Å². The van der Waals surface area contributed by atoms with E-state index < -0.39 is 9.73 Å². The molecule has 0 atom stereocenters. The molecule has 3 N–H and O–H groups in total. The number of hydrogen-bond acceptors (Lipinski definition) is 8. The maximum atomic E-state index is 12.0. The second-order valence-electron chi connectivity index (χ2n) is 7.71. The lowest BCUT2D eigenvalue weighted by Gasteiger charge is -2.30. The van der Waals surface area contributed by atoms with Gasteiger partial charge in [-0.1, -0.05) is 6.07 Å². The smallest absolute Gasteiger partial charge is 0.146 e. The predicted molar refractivity (Wildman–Crippen MR) is 109 cm³/mol. The van der Waals surface area contributed by atoms with Gasteiger partial charge in [0.05, 0.1) is 11.3 Å². The summed E-state index contributed by atoms with van der Waals surface area (Å²) in [5.74, 6) is 3.71. The summed E-state index contributed by atoms with van der Waals surface area (Å²) in [5.41, 5.74) is 4.27. The van der Waals surface area contributed by atoms with Gasteiger partial charge in [-0.15, -0.1) is 0 Å². The molecule has 5 rings (SSSR count). The third-order valence-electron chi connectivity index (χ3n) is 5.77. The van der Waals surface area contributed by atoms with Crippen LogP contribution in [-0.2, 0) is 16.3 Å². The first-order valence-corrected chi connectivity index (χ1v) is 11.5. The molecule has 9 heteroatoms. The lowest BCUT2D eigenvalue weighted by Crippen LogP contribution is -2.40. The SMILES string of the molecule is Cc1cc(C2CNC2)cc2c1OCc1c(ncnc1N1CCS(=N)(=O)CC1)N2. The molecule has 2 saturated heterocycles. The van der Waals surface area contributed by atoms with Gasteiger partial charge in [0, 0.05) is 53.3 Å². The summed E-state index contributed by atoms with van der Waals surface area (Å²) in [6.07, 6.45) is 1.56. The van der Waals surface area contributed by atoms with Crippen LogP contribution in [0.2, 0.25) is 0 Å². The topological polar surface area (TPSA) is 103 Å². The van der Waals surface area contributed by atoms with Gasteiger partial charge in [-0.3, -0.25) is 4.78 Å². The van der Waals surface area contributed by atoms with E-state index in [-0.39, 0.29) is 0 Å². The Labute approximate surface area is 164 Å². The molecule has 0 bridgehead atoms. The normalized spacial score (nSPS) is 20.8. The zero-order valence-corrected chi connectivity index (χ0v) is 16.6. The molecule has 0 spiro atoms. The van der Waals surface area contributed by atoms with E-state index in [1.54, 1.807) is 6.33 Å². The number of rotatable bonds is 2. The van der Waals surface area contributed by atoms with Crippen molar-refractivity contribution >= 4 is 27.1 Å². The Bertz CT molecular complexity index is 1020. The third-order valence-corrected chi connectivity index (χ3v) is 7.45. The minimum Gasteiger partial charge on any atom is -0.486 e. The molecule has 4 heterocycles. The van der Waals surface area contributed by atoms with Crippen molar-refractivity contribution in [3.05, 3.63) is 35.2 Å². The van der Waals surface area contributed by atoms with Crippen molar-refractivity contribution in [3.8, 4) is 5.75 Å². The lowest BCUT2D eigenvalue weighted by molar-refractivity contribution is 0.308. The molecule has 148 valence electrons. The molecule has 0 saturated carbocycles. The molecule has 28 heavy (non-hydrogen) atoms. The Balaban J connectivity index is 1.49. The number of fused-ring (bicyclic) bond motifs is 2. The van der Waals surface area contributed by atoms with Crippen LogP contribution in [-0.4, -0.2) is 51.9 Å². The number of hydrogen-bond donors (Lipinski definition) is 3. The zero-order valence-electron chi connectivity index (χ0n) is 15.8. The zero-order chi connectivity index (χ0) is 19.3. The van der Waals surface area contributed by atoms with Gasteiger partial charge in [0.15, 0.2) is 0 Å².